The number of cyclic esters (lactones) is 1. The van der Waals surface area contributed by atoms with Crippen molar-refractivity contribution in [3.8, 4) is 0 Å². The van der Waals surface area contributed by atoms with Gasteiger partial charge in [-0.1, -0.05) is 44.9 Å². The minimum Gasteiger partial charge on any atom is -0.450 e. The zero-order chi connectivity index (χ0) is 19.5. The summed E-state index contributed by atoms with van der Waals surface area (Å²) in [4.78, 5) is 25.6. The van der Waals surface area contributed by atoms with Crippen LogP contribution in [0.2, 0.25) is 0 Å². The summed E-state index contributed by atoms with van der Waals surface area (Å²) in [6.07, 6.45) is 7.90. The second-order valence-electron chi connectivity index (χ2n) is 8.44. The Morgan fingerprint density at radius 2 is 1.96 bits per heavy atom. The summed E-state index contributed by atoms with van der Waals surface area (Å²) in [6, 6.07) is 7.71. The molecule has 146 valence electrons. The molecule has 28 heavy (non-hydrogen) atoms. The molecule has 0 saturated heterocycles. The maximum absolute atomic E-state index is 12.9. The van der Waals surface area contributed by atoms with Crippen LogP contribution in [0, 0.1) is 17.8 Å². The zero-order valence-electron chi connectivity index (χ0n) is 16.5. The van der Waals surface area contributed by atoms with Crippen LogP contribution in [-0.4, -0.2) is 11.9 Å². The van der Waals surface area contributed by atoms with Gasteiger partial charge in [-0.15, -0.1) is 0 Å². The number of unbranched alkanes of at least 4 members (excludes halogenated alkanes) is 1. The molecule has 0 amide bonds. The van der Waals surface area contributed by atoms with Crippen LogP contribution in [0.3, 0.4) is 0 Å². The Balaban J connectivity index is 1.65. The summed E-state index contributed by atoms with van der Waals surface area (Å²) >= 11 is 0. The number of carbonyl (C=O) groups excluding carboxylic acids is 2. The Morgan fingerprint density at radius 3 is 2.75 bits per heavy atom. The second kappa shape index (κ2) is 6.33. The number of ether oxygens (including phenoxy) is 2. The predicted octanol–water partition coefficient (Wildman–Crippen LogP) is 5.05. The first-order chi connectivity index (χ1) is 13.6. The fourth-order valence-electron chi connectivity index (χ4n) is 6.08. The molecule has 4 unspecified atom stereocenters. The van der Waals surface area contributed by atoms with Gasteiger partial charge in [0.25, 0.3) is 0 Å². The Hall–Kier alpha value is -2.36. The predicted molar refractivity (Wildman–Crippen MR) is 104 cm³/mol. The SMILES string of the molecule is CCCC=C1OC(=O)C2=C1CCC1C(CCC)C3(OC(=O)c4ccccc43)C21. The van der Waals surface area contributed by atoms with E-state index >= 15 is 0 Å². The van der Waals surface area contributed by atoms with Gasteiger partial charge in [0.1, 0.15) is 11.4 Å². The van der Waals surface area contributed by atoms with Crippen molar-refractivity contribution in [3.05, 3.63) is 58.4 Å². The summed E-state index contributed by atoms with van der Waals surface area (Å²) in [5.74, 6) is 0.807. The number of esters is 2. The fraction of sp³-hybridized carbons (Fsp3) is 0.500. The number of hydrogen-bond acceptors (Lipinski definition) is 4. The van der Waals surface area contributed by atoms with Crippen molar-refractivity contribution in [2.75, 3.05) is 0 Å². The minimum atomic E-state index is -0.700. The van der Waals surface area contributed by atoms with E-state index in [4.69, 9.17) is 9.47 Å². The smallest absolute Gasteiger partial charge is 0.340 e. The number of rotatable bonds is 4. The van der Waals surface area contributed by atoms with E-state index in [1.165, 1.54) is 0 Å². The van der Waals surface area contributed by atoms with Gasteiger partial charge in [0, 0.05) is 23.0 Å². The van der Waals surface area contributed by atoms with Crippen LogP contribution in [0.15, 0.2) is 47.2 Å². The number of allylic oxidation sites excluding steroid dienone is 2. The summed E-state index contributed by atoms with van der Waals surface area (Å²) in [5, 5.41) is 0. The molecular weight excluding hydrogens is 352 g/mol. The van der Waals surface area contributed by atoms with Gasteiger partial charge in [-0.05, 0) is 43.7 Å². The molecule has 1 aromatic carbocycles. The molecule has 1 aromatic rings. The van der Waals surface area contributed by atoms with Gasteiger partial charge in [-0.3, -0.25) is 0 Å². The third-order valence-electron chi connectivity index (χ3n) is 7.09. The Kier molecular flexibility index (Phi) is 4.01. The Morgan fingerprint density at radius 1 is 1.14 bits per heavy atom. The van der Waals surface area contributed by atoms with Gasteiger partial charge < -0.3 is 9.47 Å². The zero-order valence-corrected chi connectivity index (χ0v) is 16.5. The van der Waals surface area contributed by atoms with Gasteiger partial charge in [-0.2, -0.15) is 0 Å². The molecule has 2 aliphatic carbocycles. The highest BCUT2D eigenvalue weighted by atomic mass is 16.6. The Bertz CT molecular complexity index is 924. The lowest BCUT2D eigenvalue weighted by molar-refractivity contribution is -0.195. The van der Waals surface area contributed by atoms with Gasteiger partial charge >= 0.3 is 11.9 Å². The maximum Gasteiger partial charge on any atom is 0.340 e. The van der Waals surface area contributed by atoms with Crippen molar-refractivity contribution < 1.29 is 19.1 Å². The largest absolute Gasteiger partial charge is 0.450 e. The van der Waals surface area contributed by atoms with E-state index in [9.17, 15) is 9.59 Å². The van der Waals surface area contributed by atoms with Crippen molar-refractivity contribution in [1.82, 2.24) is 0 Å². The van der Waals surface area contributed by atoms with E-state index < -0.39 is 5.60 Å². The minimum absolute atomic E-state index is 0.0829. The lowest BCUT2D eigenvalue weighted by atomic mass is 9.45. The monoisotopic (exact) mass is 378 g/mol. The molecular formula is C24H26O4. The van der Waals surface area contributed by atoms with Crippen molar-refractivity contribution in [1.29, 1.82) is 0 Å². The van der Waals surface area contributed by atoms with E-state index in [1.807, 2.05) is 30.3 Å². The average molecular weight is 378 g/mol. The molecule has 4 aliphatic rings. The molecule has 0 N–H and O–H groups in total. The average Bonchev–Trinajstić information content (AvgIpc) is 3.19. The third-order valence-corrected chi connectivity index (χ3v) is 7.09. The van der Waals surface area contributed by atoms with E-state index in [2.05, 4.69) is 13.8 Å². The normalized spacial score (nSPS) is 34.1. The van der Waals surface area contributed by atoms with Crippen LogP contribution in [0.5, 0.6) is 0 Å². The summed E-state index contributed by atoms with van der Waals surface area (Å²) in [5.41, 5.74) is 2.74. The third kappa shape index (κ3) is 2.12. The lowest BCUT2D eigenvalue weighted by Gasteiger charge is -2.60. The van der Waals surface area contributed by atoms with Crippen molar-refractivity contribution in [3.63, 3.8) is 0 Å². The molecule has 5 rings (SSSR count). The van der Waals surface area contributed by atoms with E-state index in [-0.39, 0.29) is 23.8 Å². The molecule has 1 fully saturated rings. The maximum atomic E-state index is 12.9. The van der Waals surface area contributed by atoms with E-state index in [0.29, 0.717) is 11.5 Å². The van der Waals surface area contributed by atoms with Crippen LogP contribution in [0.25, 0.3) is 0 Å². The molecule has 4 nitrogen and oxygen atoms in total. The van der Waals surface area contributed by atoms with Gasteiger partial charge in [0.2, 0.25) is 0 Å². The molecule has 1 spiro atoms. The summed E-state index contributed by atoms with van der Waals surface area (Å²) in [7, 11) is 0. The molecule has 1 saturated carbocycles. The second-order valence-corrected chi connectivity index (χ2v) is 8.44. The van der Waals surface area contributed by atoms with Crippen molar-refractivity contribution in [2.45, 2.75) is 58.0 Å². The van der Waals surface area contributed by atoms with Gasteiger partial charge in [0.15, 0.2) is 0 Å². The molecule has 2 heterocycles. The molecule has 0 aromatic heterocycles. The van der Waals surface area contributed by atoms with Crippen LogP contribution >= 0.6 is 0 Å². The van der Waals surface area contributed by atoms with Gasteiger partial charge in [0.05, 0.1) is 11.1 Å². The first kappa shape index (κ1) is 17.7. The topological polar surface area (TPSA) is 52.6 Å². The standard InChI is InChI=1S/C24H26O4/c1-3-5-11-19-16-13-12-14-17(8-4-2)24(21(14)20(16)23(26)27-19)18-10-7-6-9-15(18)22(25)28-24/h6-7,9-11,14,17,21H,3-5,8,12-13H2,1-2H3. The van der Waals surface area contributed by atoms with Gasteiger partial charge in [-0.25, -0.2) is 9.59 Å². The molecule has 4 atom stereocenters. The number of carbonyl (C=O) groups is 2. The molecule has 0 bridgehead atoms. The molecule has 2 aliphatic heterocycles. The summed E-state index contributed by atoms with van der Waals surface area (Å²) in [6.45, 7) is 4.29. The lowest BCUT2D eigenvalue weighted by Crippen LogP contribution is -2.62. The van der Waals surface area contributed by atoms with Crippen molar-refractivity contribution >= 4 is 11.9 Å². The highest BCUT2D eigenvalue weighted by Gasteiger charge is 2.71. The number of hydrogen-bond donors (Lipinski definition) is 0. The Labute approximate surface area is 165 Å². The number of fused-ring (bicyclic) bond motifs is 5. The van der Waals surface area contributed by atoms with Crippen LogP contribution in [-0.2, 0) is 19.9 Å². The van der Waals surface area contributed by atoms with Crippen LogP contribution < -0.4 is 0 Å². The fourth-order valence-corrected chi connectivity index (χ4v) is 6.08. The van der Waals surface area contributed by atoms with E-state index in [0.717, 1.165) is 61.0 Å². The number of benzene rings is 1. The highest BCUT2D eigenvalue weighted by Crippen LogP contribution is 2.69. The molecule has 0 radical (unpaired) electrons. The van der Waals surface area contributed by atoms with E-state index in [1.54, 1.807) is 0 Å². The quantitative estimate of drug-likeness (QED) is 0.688. The van der Waals surface area contributed by atoms with Crippen LogP contribution in [0.1, 0.15) is 68.3 Å². The molecule has 4 heteroatoms. The first-order valence-corrected chi connectivity index (χ1v) is 10.6. The summed E-state index contributed by atoms with van der Waals surface area (Å²) < 4.78 is 11.8. The van der Waals surface area contributed by atoms with Crippen molar-refractivity contribution in [2.24, 2.45) is 17.8 Å². The highest BCUT2D eigenvalue weighted by molar-refractivity contribution is 5.98. The first-order valence-electron chi connectivity index (χ1n) is 10.6. The van der Waals surface area contributed by atoms with Crippen LogP contribution in [0.4, 0.5) is 0 Å².